The van der Waals surface area contributed by atoms with Crippen molar-refractivity contribution in [1.29, 1.82) is 0 Å². The van der Waals surface area contributed by atoms with Crippen molar-refractivity contribution in [3.05, 3.63) is 26.8 Å². The van der Waals surface area contributed by atoms with Crippen molar-refractivity contribution in [2.24, 2.45) is 5.11 Å². The number of anilines is 1. The fourth-order valence-corrected chi connectivity index (χ4v) is 2.54. The molecule has 10 heteroatoms. The van der Waals surface area contributed by atoms with Gasteiger partial charge in [-0.2, -0.15) is 5.10 Å². The second kappa shape index (κ2) is 6.42. The lowest BCUT2D eigenvalue weighted by molar-refractivity contribution is -0.384. The number of azide groups is 1. The van der Waals surface area contributed by atoms with E-state index in [9.17, 15) is 15.2 Å². The van der Waals surface area contributed by atoms with Crippen LogP contribution in [0.1, 0.15) is 19.8 Å². The molecule has 2 rings (SSSR count). The van der Waals surface area contributed by atoms with E-state index in [-0.39, 0.29) is 5.69 Å². The highest BCUT2D eigenvalue weighted by Crippen LogP contribution is 2.30. The number of nitro groups is 1. The van der Waals surface area contributed by atoms with Gasteiger partial charge in [-0.15, -0.1) is 0 Å². The van der Waals surface area contributed by atoms with Crippen LogP contribution < -0.4 is 4.90 Å². The van der Waals surface area contributed by atoms with Crippen LogP contribution >= 0.6 is 0 Å². The molecule has 114 valence electrons. The maximum atomic E-state index is 11.1. The summed E-state index contributed by atoms with van der Waals surface area (Å²) in [6.07, 6.45) is 1.33. The second-order valence-electron chi connectivity index (χ2n) is 4.83. The maximum Gasteiger partial charge on any atom is 0.331 e. The first-order chi connectivity index (χ1) is 10.1. The fraction of sp³-hybridized carbons (Fsp3) is 0.727. The summed E-state index contributed by atoms with van der Waals surface area (Å²) >= 11 is 0. The quantitative estimate of drug-likeness (QED) is 0.295. The Morgan fingerprint density at radius 3 is 2.95 bits per heavy atom. The van der Waals surface area contributed by atoms with Crippen molar-refractivity contribution in [2.45, 2.75) is 38.5 Å². The van der Waals surface area contributed by atoms with E-state index in [1.165, 1.54) is 6.20 Å². The first-order valence-corrected chi connectivity index (χ1v) is 6.75. The third-order valence-corrected chi connectivity index (χ3v) is 3.62. The Morgan fingerprint density at radius 1 is 1.62 bits per heavy atom. The summed E-state index contributed by atoms with van der Waals surface area (Å²) in [5, 5.41) is 28.7. The van der Waals surface area contributed by atoms with E-state index in [1.807, 2.05) is 11.8 Å². The summed E-state index contributed by atoms with van der Waals surface area (Å²) in [7, 11) is 0. The molecule has 0 aliphatic carbocycles. The van der Waals surface area contributed by atoms with Gasteiger partial charge in [0.15, 0.2) is 0 Å². The van der Waals surface area contributed by atoms with Gasteiger partial charge in [-0.25, -0.2) is 4.68 Å². The van der Waals surface area contributed by atoms with Crippen molar-refractivity contribution < 1.29 is 10.0 Å². The van der Waals surface area contributed by atoms with E-state index >= 15 is 0 Å². The van der Waals surface area contributed by atoms with Gasteiger partial charge in [0.25, 0.3) is 0 Å². The van der Waals surface area contributed by atoms with Gasteiger partial charge < -0.3 is 10.0 Å². The zero-order valence-electron chi connectivity index (χ0n) is 11.7. The number of aryl methyl sites for hydroxylation is 1. The van der Waals surface area contributed by atoms with Crippen LogP contribution in [0.4, 0.5) is 11.5 Å². The lowest BCUT2D eigenvalue weighted by Crippen LogP contribution is -2.28. The number of hydrogen-bond donors (Lipinski definition) is 1. The fourth-order valence-electron chi connectivity index (χ4n) is 2.54. The van der Waals surface area contributed by atoms with Gasteiger partial charge in [0.1, 0.15) is 6.20 Å². The zero-order valence-corrected chi connectivity index (χ0v) is 11.7. The largest absolute Gasteiger partial charge is 0.393 e. The predicted molar refractivity (Wildman–Crippen MR) is 74.9 cm³/mol. The van der Waals surface area contributed by atoms with Crippen LogP contribution in [0.5, 0.6) is 0 Å². The van der Waals surface area contributed by atoms with E-state index in [0.717, 1.165) is 0 Å². The molecule has 0 unspecified atom stereocenters. The monoisotopic (exact) mass is 295 g/mol. The molecule has 2 heterocycles. The van der Waals surface area contributed by atoms with Crippen LogP contribution in [0.2, 0.25) is 0 Å². The summed E-state index contributed by atoms with van der Waals surface area (Å²) in [4.78, 5) is 15.2. The molecule has 1 aliphatic heterocycles. The molecule has 0 aromatic carbocycles. The van der Waals surface area contributed by atoms with E-state index in [0.29, 0.717) is 38.3 Å². The summed E-state index contributed by atoms with van der Waals surface area (Å²) in [6.45, 7) is 3.29. The van der Waals surface area contributed by atoms with Crippen molar-refractivity contribution in [2.75, 3.05) is 18.0 Å². The highest BCUT2D eigenvalue weighted by Gasteiger charge is 2.30. The predicted octanol–water partition coefficient (Wildman–Crippen LogP) is 1.45. The van der Waals surface area contributed by atoms with Gasteiger partial charge in [0, 0.05) is 24.5 Å². The number of aliphatic hydroxyl groups is 1. The average molecular weight is 295 g/mol. The maximum absolute atomic E-state index is 11.1. The molecule has 21 heavy (non-hydrogen) atoms. The van der Waals surface area contributed by atoms with Crippen LogP contribution in [0, 0.1) is 10.1 Å². The van der Waals surface area contributed by atoms with E-state index in [2.05, 4.69) is 15.1 Å². The molecule has 1 fully saturated rings. The minimum absolute atomic E-state index is 0.0476. The highest BCUT2D eigenvalue weighted by atomic mass is 16.6. The SMILES string of the molecule is CCn1ncc([N+](=O)[O-])c1N1CC[C@@H](O)[C@H](N=[N+]=[N-])CC1. The molecule has 0 bridgehead atoms. The topological polar surface area (TPSA) is 133 Å². The molecule has 0 radical (unpaired) electrons. The molecule has 1 aromatic rings. The number of nitrogens with zero attached hydrogens (tertiary/aromatic N) is 7. The van der Waals surface area contributed by atoms with Gasteiger partial charge in [-0.3, -0.25) is 10.1 Å². The van der Waals surface area contributed by atoms with Gasteiger partial charge in [0.05, 0.1) is 17.1 Å². The van der Waals surface area contributed by atoms with Crippen LogP contribution in [-0.2, 0) is 6.54 Å². The van der Waals surface area contributed by atoms with Crippen LogP contribution in [-0.4, -0.2) is 45.0 Å². The smallest absolute Gasteiger partial charge is 0.331 e. The van der Waals surface area contributed by atoms with E-state index < -0.39 is 17.1 Å². The van der Waals surface area contributed by atoms with Crippen LogP contribution in [0.25, 0.3) is 10.4 Å². The van der Waals surface area contributed by atoms with Gasteiger partial charge in [-0.05, 0) is 25.3 Å². The van der Waals surface area contributed by atoms with E-state index in [4.69, 9.17) is 5.53 Å². The lowest BCUT2D eigenvalue weighted by atomic mass is 10.1. The molecule has 1 N–H and O–H groups in total. The standard InChI is InChI=1S/C11H17N7O3/c1-2-17-11(9(7-13-17)18(20)21)16-5-3-8(14-15-12)10(19)4-6-16/h7-8,10,19H,2-6H2,1H3/t8-,10-/m1/s1. The van der Waals surface area contributed by atoms with Gasteiger partial charge in [-0.1, -0.05) is 5.11 Å². The summed E-state index contributed by atoms with van der Waals surface area (Å²) < 4.78 is 1.57. The van der Waals surface area contributed by atoms with Gasteiger partial charge in [0.2, 0.25) is 5.82 Å². The summed E-state index contributed by atoms with van der Waals surface area (Å²) in [6, 6.07) is -0.503. The molecular weight excluding hydrogens is 278 g/mol. The molecule has 1 saturated heterocycles. The number of hydrogen-bond acceptors (Lipinski definition) is 6. The molecule has 0 amide bonds. The highest BCUT2D eigenvalue weighted by molar-refractivity contribution is 5.57. The molecule has 0 saturated carbocycles. The third kappa shape index (κ3) is 3.06. The Hall–Kier alpha value is -2.32. The molecule has 1 aromatic heterocycles. The van der Waals surface area contributed by atoms with Gasteiger partial charge >= 0.3 is 5.69 Å². The molecule has 10 nitrogen and oxygen atoms in total. The number of aromatic nitrogens is 2. The van der Waals surface area contributed by atoms with Crippen molar-refractivity contribution in [3.8, 4) is 0 Å². The minimum atomic E-state index is -0.733. The van der Waals surface area contributed by atoms with Crippen molar-refractivity contribution >= 4 is 11.5 Å². The Labute approximate surface area is 120 Å². The Balaban J connectivity index is 2.28. The van der Waals surface area contributed by atoms with Crippen molar-refractivity contribution in [3.63, 3.8) is 0 Å². The first-order valence-electron chi connectivity index (χ1n) is 6.75. The number of rotatable bonds is 4. The Morgan fingerprint density at radius 2 is 2.33 bits per heavy atom. The van der Waals surface area contributed by atoms with Crippen molar-refractivity contribution in [1.82, 2.24) is 9.78 Å². The Kier molecular flexibility index (Phi) is 4.61. The second-order valence-corrected chi connectivity index (χ2v) is 4.83. The summed E-state index contributed by atoms with van der Waals surface area (Å²) in [5.74, 6) is 0.441. The first kappa shape index (κ1) is 15.1. The normalized spacial score (nSPS) is 22.5. The average Bonchev–Trinajstić information content (AvgIpc) is 2.81. The van der Waals surface area contributed by atoms with E-state index in [1.54, 1.807) is 4.68 Å². The third-order valence-electron chi connectivity index (χ3n) is 3.62. The van der Waals surface area contributed by atoms with Crippen LogP contribution in [0.15, 0.2) is 11.3 Å². The molecular formula is C11H17N7O3. The molecule has 0 spiro atoms. The summed E-state index contributed by atoms with van der Waals surface area (Å²) in [5.41, 5.74) is 8.46. The Bertz CT molecular complexity index is 566. The number of aliphatic hydroxyl groups excluding tert-OH is 1. The molecule has 2 atom stereocenters. The minimum Gasteiger partial charge on any atom is -0.393 e. The lowest BCUT2D eigenvalue weighted by Gasteiger charge is -2.22. The molecule has 1 aliphatic rings. The zero-order chi connectivity index (χ0) is 15.4. The van der Waals surface area contributed by atoms with Crippen LogP contribution in [0.3, 0.4) is 0 Å².